The number of halogens is 2. The van der Waals surface area contributed by atoms with Crippen molar-refractivity contribution in [2.45, 2.75) is 219 Å². The van der Waals surface area contributed by atoms with E-state index in [1.807, 2.05) is 99.1 Å². The number of aliphatic carboxylic acids is 2. The van der Waals surface area contributed by atoms with Gasteiger partial charge in [-0.3, -0.25) is 29.0 Å². The number of carboxylic acids is 2. The predicted octanol–water partition coefficient (Wildman–Crippen LogP) is 12.0. The van der Waals surface area contributed by atoms with Crippen molar-refractivity contribution < 1.29 is 77.0 Å². The second-order valence-electron chi connectivity index (χ2n) is 39.5. The highest BCUT2D eigenvalue weighted by Crippen LogP contribution is 2.55. The Morgan fingerprint density at radius 3 is 1.29 bits per heavy atom. The lowest BCUT2D eigenvalue weighted by Crippen LogP contribution is -2.59. The highest BCUT2D eigenvalue weighted by molar-refractivity contribution is 7.14. The Bertz CT molecular complexity index is 5130. The van der Waals surface area contributed by atoms with Crippen molar-refractivity contribution in [1.29, 1.82) is 0 Å². The number of nitrogens with one attached hydrogen (secondary N) is 6. The Kier molecular flexibility index (Phi) is 28.0. The molecule has 32 nitrogen and oxygen atoms in total. The SMILES string of the molecule is C=C[C@@H]1CC1(NC(=O)[C@@H]1C[C@@H](Oc2cc(-c3csc(NC(C)C)n3)nc3c(Cl)c(OCCN4CCN(C)CC4)ccc23)CN1C(=O)[C@@H](NC(=O)OC1C[C@@H]2C[C@@H]2C1)C(C)(C)C)C(=O)O.CC[C@@H]1CC1(NC(=O)[C@@H]1C[C@@H](Oc2cc(-c3csc(NC(C)C)n3)nc3c(Cl)c(OCCN4CCN(C)CC4)ccc23)CN1C(=O)[C@@H](NC(=O)OC1C[C@@H]2C[C@@H]2C1)C(C)(C)C)C(=O)O. The van der Waals surface area contributed by atoms with Gasteiger partial charge in [0.05, 0.1) is 35.5 Å². The number of hydrogen-bond donors (Lipinski definition) is 8. The molecule has 6 saturated carbocycles. The van der Waals surface area contributed by atoms with Crippen LogP contribution < -0.4 is 50.8 Å². The molecule has 0 radical (unpaired) electrons. The predicted molar refractivity (Wildman–Crippen MR) is 490 cm³/mol. The van der Waals surface area contributed by atoms with Crippen molar-refractivity contribution in [3.05, 3.63) is 69.9 Å². The number of likely N-dealkylation sites (N-methyl/N-ethyl adjacent to an activating group) is 2. The molecule has 694 valence electrons. The van der Waals surface area contributed by atoms with Crippen molar-refractivity contribution in [3.8, 4) is 45.8 Å². The van der Waals surface area contributed by atoms with Crippen LogP contribution >= 0.6 is 45.9 Å². The van der Waals surface area contributed by atoms with Gasteiger partial charge < -0.3 is 90.1 Å². The van der Waals surface area contributed by atoms with Crippen molar-refractivity contribution >= 4 is 126 Å². The summed E-state index contributed by atoms with van der Waals surface area (Å²) < 4.78 is 37.8. The smallest absolute Gasteiger partial charge is 0.408 e. The zero-order valence-corrected chi connectivity index (χ0v) is 78.6. The molecule has 10 aliphatic rings. The minimum Gasteiger partial charge on any atom is -0.491 e. The maximum atomic E-state index is 14.8. The molecule has 128 heavy (non-hydrogen) atoms. The number of fused-ring (bicyclic) bond motifs is 4. The third-order valence-corrected chi connectivity index (χ3v) is 29.2. The Balaban J connectivity index is 0.000000197. The molecule has 36 heteroatoms. The maximum Gasteiger partial charge on any atom is 0.408 e. The van der Waals surface area contributed by atoms with E-state index >= 15 is 0 Å². The summed E-state index contributed by atoms with van der Waals surface area (Å²) in [5.74, 6) is -1.07. The van der Waals surface area contributed by atoms with Crippen LogP contribution in [-0.4, -0.2) is 285 Å². The summed E-state index contributed by atoms with van der Waals surface area (Å²) >= 11 is 17.2. The normalized spacial score (nSPS) is 27.2. The summed E-state index contributed by atoms with van der Waals surface area (Å²) in [5, 5.41) is 45.5. The number of likely N-dealkylation sites (tertiary alicyclic amines) is 2. The second kappa shape index (κ2) is 38.3. The maximum absolute atomic E-state index is 14.8. The molecule has 8 heterocycles. The van der Waals surface area contributed by atoms with Crippen LogP contribution in [-0.2, 0) is 38.2 Å². The molecule has 2 aromatic carbocycles. The summed E-state index contributed by atoms with van der Waals surface area (Å²) in [7, 11) is 4.24. The summed E-state index contributed by atoms with van der Waals surface area (Å²) in [6, 6.07) is 6.78. The Hall–Kier alpha value is -9.16. The minimum absolute atomic E-state index is 0.0248. The lowest BCUT2D eigenvalue weighted by Gasteiger charge is -2.35. The van der Waals surface area contributed by atoms with Crippen molar-refractivity contribution in [2.75, 3.05) is 116 Å². The number of thiazole rings is 2. The van der Waals surface area contributed by atoms with Gasteiger partial charge in [0.2, 0.25) is 23.6 Å². The van der Waals surface area contributed by atoms with E-state index < -0.39 is 112 Å². The van der Waals surface area contributed by atoms with Gasteiger partial charge >= 0.3 is 24.1 Å². The van der Waals surface area contributed by atoms with Gasteiger partial charge in [0.25, 0.3) is 0 Å². The molecule has 16 rings (SSSR count). The van der Waals surface area contributed by atoms with Crippen LogP contribution in [0.25, 0.3) is 44.6 Å². The first-order chi connectivity index (χ1) is 60.8. The number of aromatic nitrogens is 4. The van der Waals surface area contributed by atoms with E-state index in [0.29, 0.717) is 127 Å². The van der Waals surface area contributed by atoms with Crippen molar-refractivity contribution in [3.63, 3.8) is 0 Å². The molecule has 6 aliphatic carbocycles. The van der Waals surface area contributed by atoms with E-state index in [-0.39, 0.29) is 62.6 Å². The monoisotopic (exact) mass is 1840 g/mol. The quantitative estimate of drug-likeness (QED) is 0.0182. The molecule has 16 atom stereocenters. The molecule has 4 saturated heterocycles. The summed E-state index contributed by atoms with van der Waals surface area (Å²) in [6.45, 7) is 34.9. The molecular weight excluding hydrogens is 1720 g/mol. The van der Waals surface area contributed by atoms with E-state index in [4.69, 9.17) is 71.6 Å². The number of benzene rings is 2. The van der Waals surface area contributed by atoms with Crippen LogP contribution in [0.15, 0.2) is 59.8 Å². The van der Waals surface area contributed by atoms with Gasteiger partial charge in [-0.25, -0.2) is 39.1 Å². The summed E-state index contributed by atoms with van der Waals surface area (Å²) in [5.41, 5.74) is -1.46. The lowest BCUT2D eigenvalue weighted by molar-refractivity contribution is -0.146. The molecule has 4 aromatic heterocycles. The first kappa shape index (κ1) is 93.5. The van der Waals surface area contributed by atoms with Crippen molar-refractivity contribution in [1.82, 2.24) is 70.6 Å². The summed E-state index contributed by atoms with van der Waals surface area (Å²) in [4.78, 5) is 142. The molecule has 6 amide bonds. The molecule has 10 fully saturated rings. The molecule has 0 spiro atoms. The van der Waals surface area contributed by atoms with E-state index in [1.54, 1.807) is 24.3 Å². The lowest BCUT2D eigenvalue weighted by atomic mass is 9.85. The van der Waals surface area contributed by atoms with Crippen LogP contribution in [0.5, 0.6) is 23.0 Å². The van der Waals surface area contributed by atoms with Crippen LogP contribution in [0.3, 0.4) is 0 Å². The van der Waals surface area contributed by atoms with E-state index in [2.05, 4.69) is 72.2 Å². The van der Waals surface area contributed by atoms with Crippen molar-refractivity contribution in [2.24, 2.45) is 46.3 Å². The number of rotatable bonds is 32. The number of carboxylic acid groups (broad SMARTS) is 2. The minimum atomic E-state index is -1.53. The number of hydrogen-bond acceptors (Lipinski definition) is 26. The third kappa shape index (κ3) is 21.4. The number of carbonyl (C=O) groups excluding carboxylic acids is 6. The summed E-state index contributed by atoms with van der Waals surface area (Å²) in [6.07, 6.45) is 5.02. The number of nitrogens with zero attached hydrogens (tertiary/aromatic N) is 10. The fraction of sp³-hybridized carbons (Fsp3) is 0.630. The van der Waals surface area contributed by atoms with Gasteiger partial charge in [0.1, 0.15) is 117 Å². The van der Waals surface area contributed by atoms with Crippen LogP contribution in [0.1, 0.15) is 147 Å². The third-order valence-electron chi connectivity index (χ3n) is 26.9. The van der Waals surface area contributed by atoms with E-state index in [9.17, 15) is 48.6 Å². The zero-order chi connectivity index (χ0) is 91.3. The van der Waals surface area contributed by atoms with Gasteiger partial charge in [0.15, 0.2) is 10.3 Å². The number of carbonyl (C=O) groups is 8. The number of ether oxygens (including phenoxy) is 6. The largest absolute Gasteiger partial charge is 0.491 e. The molecule has 4 aliphatic heterocycles. The zero-order valence-electron chi connectivity index (χ0n) is 75.5. The highest BCUT2D eigenvalue weighted by Gasteiger charge is 2.63. The highest BCUT2D eigenvalue weighted by atomic mass is 35.5. The van der Waals surface area contributed by atoms with E-state index in [1.165, 1.54) is 51.4 Å². The molecular formula is C92H124Cl2N16O16S2. The molecule has 6 aromatic rings. The topological polar surface area (TPSA) is 376 Å². The van der Waals surface area contributed by atoms with Gasteiger partial charge in [-0.1, -0.05) is 84.2 Å². The van der Waals surface area contributed by atoms with Gasteiger partial charge in [-0.15, -0.1) is 29.3 Å². The van der Waals surface area contributed by atoms with Crippen LogP contribution in [0.2, 0.25) is 10.0 Å². The fourth-order valence-corrected chi connectivity index (χ4v) is 21.2. The Morgan fingerprint density at radius 2 is 0.938 bits per heavy atom. The number of anilines is 2. The number of piperazine rings is 2. The Labute approximate surface area is 765 Å². The number of pyridine rings is 2. The molecule has 0 bridgehead atoms. The molecule has 8 N–H and O–H groups in total. The number of alkyl carbamates (subject to hydrolysis) is 2. The van der Waals surface area contributed by atoms with Crippen LogP contribution in [0, 0.1) is 46.3 Å². The standard InChI is InChI=1S/C46H63ClN8O8S.C46H61ClN8O8S/c2*1-8-28-22-46(28,42(58)59)52-40(56)34-20-30(23-55(34)41(57)39(45(4,5)6)51-44(60)63-29-18-26-17-27(26)19-29)62-36-21-32(33-24-64-43(50-33)48-25(2)3)49-38-31(36)9-10-35(37(38)47)61-16-15-54-13-11-53(7)12-14-54/h9-10,21,24-30,34,39H,8,11-20,22-23H2,1-7H3,(H,48,50)(H,51,60)(H,52,56)(H,58,59);8-10,21,24-30,34,39H,1,11-20,22-23H2,2-7H3,(H,48,50)(H,51,60)(H,52,56)(H,58,59)/t2*26-,27+,28-,29?,30-,34+,39-,46?/m11/s1. The van der Waals surface area contributed by atoms with Gasteiger partial charge in [0, 0.05) is 130 Å². The Morgan fingerprint density at radius 1 is 0.539 bits per heavy atom. The van der Waals surface area contributed by atoms with Gasteiger partial charge in [-0.2, -0.15) is 0 Å². The average molecular weight is 1850 g/mol. The molecule has 4 unspecified atom stereocenters. The first-order valence-corrected chi connectivity index (χ1v) is 47.8. The van der Waals surface area contributed by atoms with E-state index in [0.717, 1.165) is 101 Å². The fourth-order valence-electron chi connectivity index (χ4n) is 19.0. The first-order valence-electron chi connectivity index (χ1n) is 45.2. The second-order valence-corrected chi connectivity index (χ2v) is 41.9. The number of amides is 6. The van der Waals surface area contributed by atoms with Gasteiger partial charge in [-0.05, 0) is 158 Å². The van der Waals surface area contributed by atoms with Crippen LogP contribution in [0.4, 0.5) is 19.9 Å². The average Bonchev–Trinajstić information content (AvgIpc) is 1.51.